The van der Waals surface area contributed by atoms with Crippen molar-refractivity contribution in [3.63, 3.8) is 0 Å². The first-order valence-corrected chi connectivity index (χ1v) is 7.54. The minimum Gasteiger partial charge on any atom is -0.298 e. The zero-order valence-corrected chi connectivity index (χ0v) is 12.6. The van der Waals surface area contributed by atoms with Gasteiger partial charge in [0.2, 0.25) is 0 Å². The van der Waals surface area contributed by atoms with Crippen LogP contribution in [0.25, 0.3) is 32.7 Å². The summed E-state index contributed by atoms with van der Waals surface area (Å²) in [6.07, 6.45) is 0.748. The summed E-state index contributed by atoms with van der Waals surface area (Å²) in [5, 5.41) is 3.06. The van der Waals surface area contributed by atoms with Gasteiger partial charge in [-0.25, -0.2) is 8.78 Å². The fourth-order valence-corrected chi connectivity index (χ4v) is 3.18. The molecule has 0 heterocycles. The second kappa shape index (κ2) is 5.53. The van der Waals surface area contributed by atoms with E-state index in [4.69, 9.17) is 0 Å². The molecule has 0 aliphatic carbocycles. The Hall–Kier alpha value is -3.07. The van der Waals surface area contributed by atoms with Gasteiger partial charge in [0.05, 0.1) is 0 Å². The van der Waals surface area contributed by atoms with E-state index in [0.29, 0.717) is 21.9 Å². The SMILES string of the molecule is O=Cc1ccc2cc(F)c(F)cc2c1-c1cccc2ccccc12. The number of hydrogen-bond donors (Lipinski definition) is 0. The van der Waals surface area contributed by atoms with Crippen molar-refractivity contribution in [2.75, 3.05) is 0 Å². The number of benzene rings is 4. The molecule has 0 atom stereocenters. The van der Waals surface area contributed by atoms with E-state index in [1.165, 1.54) is 0 Å². The fraction of sp³-hybridized carbons (Fsp3) is 0. The van der Waals surface area contributed by atoms with Crippen LogP contribution < -0.4 is 0 Å². The fourth-order valence-electron chi connectivity index (χ4n) is 3.18. The van der Waals surface area contributed by atoms with Gasteiger partial charge in [0.1, 0.15) is 0 Å². The van der Waals surface area contributed by atoms with Crippen molar-refractivity contribution in [3.05, 3.63) is 83.9 Å². The molecule has 4 aromatic carbocycles. The highest BCUT2D eigenvalue weighted by atomic mass is 19.2. The van der Waals surface area contributed by atoms with Crippen LogP contribution in [0.2, 0.25) is 0 Å². The number of carbonyl (C=O) groups excluding carboxylic acids is 1. The van der Waals surface area contributed by atoms with E-state index in [0.717, 1.165) is 34.8 Å². The summed E-state index contributed by atoms with van der Waals surface area (Å²) >= 11 is 0. The van der Waals surface area contributed by atoms with Crippen molar-refractivity contribution < 1.29 is 13.6 Å². The Labute approximate surface area is 137 Å². The number of carbonyl (C=O) groups is 1. The Balaban J connectivity index is 2.18. The highest BCUT2D eigenvalue weighted by molar-refractivity contribution is 6.10. The average Bonchev–Trinajstić information content (AvgIpc) is 2.61. The standard InChI is InChI=1S/C21H12F2O/c22-19-10-14-8-9-15(12-24)21(18(14)11-20(19)23)17-7-3-5-13-4-1-2-6-16(13)17/h1-12H. The topological polar surface area (TPSA) is 17.1 Å². The number of aldehydes is 1. The maximum absolute atomic E-state index is 13.8. The van der Waals surface area contributed by atoms with E-state index in [1.54, 1.807) is 12.1 Å². The number of rotatable bonds is 2. The lowest BCUT2D eigenvalue weighted by atomic mass is 9.90. The maximum Gasteiger partial charge on any atom is 0.159 e. The van der Waals surface area contributed by atoms with Gasteiger partial charge in [0.15, 0.2) is 17.9 Å². The van der Waals surface area contributed by atoms with Gasteiger partial charge in [-0.1, -0.05) is 54.6 Å². The van der Waals surface area contributed by atoms with E-state index in [-0.39, 0.29) is 0 Å². The lowest BCUT2D eigenvalue weighted by molar-refractivity contribution is 0.112. The zero-order valence-electron chi connectivity index (χ0n) is 12.6. The molecule has 0 saturated heterocycles. The molecular formula is C21H12F2O. The minimum atomic E-state index is -0.924. The summed E-state index contributed by atoms with van der Waals surface area (Å²) in [6.45, 7) is 0. The van der Waals surface area contributed by atoms with Crippen LogP contribution in [0.1, 0.15) is 10.4 Å². The van der Waals surface area contributed by atoms with Crippen LogP contribution >= 0.6 is 0 Å². The summed E-state index contributed by atoms with van der Waals surface area (Å²) in [5.74, 6) is -1.82. The Kier molecular flexibility index (Phi) is 3.35. The molecule has 1 nitrogen and oxygen atoms in total. The molecule has 116 valence electrons. The van der Waals surface area contributed by atoms with Crippen LogP contribution in [0.15, 0.2) is 66.7 Å². The molecule has 0 amide bonds. The predicted molar refractivity (Wildman–Crippen MR) is 92.2 cm³/mol. The molecule has 4 rings (SSSR count). The number of halogens is 2. The molecule has 24 heavy (non-hydrogen) atoms. The molecule has 0 fully saturated rings. The molecule has 4 aromatic rings. The molecular weight excluding hydrogens is 306 g/mol. The smallest absolute Gasteiger partial charge is 0.159 e. The van der Waals surface area contributed by atoms with Crippen molar-refractivity contribution in [1.29, 1.82) is 0 Å². The second-order valence-electron chi connectivity index (χ2n) is 5.66. The molecule has 0 bridgehead atoms. The summed E-state index contributed by atoms with van der Waals surface area (Å²) in [6, 6.07) is 19.1. The highest BCUT2D eigenvalue weighted by Gasteiger charge is 2.14. The van der Waals surface area contributed by atoms with Crippen molar-refractivity contribution in [1.82, 2.24) is 0 Å². The summed E-state index contributed by atoms with van der Waals surface area (Å²) in [4.78, 5) is 11.6. The predicted octanol–water partition coefficient (Wildman–Crippen LogP) is 5.75. The lowest BCUT2D eigenvalue weighted by Crippen LogP contribution is -1.93. The van der Waals surface area contributed by atoms with Gasteiger partial charge < -0.3 is 0 Å². The number of fused-ring (bicyclic) bond motifs is 2. The first-order chi connectivity index (χ1) is 11.7. The van der Waals surface area contributed by atoms with Crippen LogP contribution in [-0.2, 0) is 0 Å². The molecule has 0 aliphatic heterocycles. The zero-order chi connectivity index (χ0) is 16.7. The van der Waals surface area contributed by atoms with Crippen LogP contribution in [0.3, 0.4) is 0 Å². The van der Waals surface area contributed by atoms with Gasteiger partial charge in [0.25, 0.3) is 0 Å². The van der Waals surface area contributed by atoms with Crippen molar-refractivity contribution >= 4 is 27.8 Å². The van der Waals surface area contributed by atoms with Gasteiger partial charge in [-0.15, -0.1) is 0 Å². The van der Waals surface area contributed by atoms with E-state index >= 15 is 0 Å². The van der Waals surface area contributed by atoms with Crippen LogP contribution in [0.5, 0.6) is 0 Å². The lowest BCUT2D eigenvalue weighted by Gasteiger charge is -2.13. The summed E-state index contributed by atoms with van der Waals surface area (Å²) < 4.78 is 27.4. The van der Waals surface area contributed by atoms with Gasteiger partial charge in [-0.05, 0) is 39.2 Å². The van der Waals surface area contributed by atoms with Gasteiger partial charge in [0, 0.05) is 11.1 Å². The molecule has 0 unspecified atom stereocenters. The monoisotopic (exact) mass is 318 g/mol. The molecule has 3 heteroatoms. The van der Waals surface area contributed by atoms with E-state index in [1.807, 2.05) is 42.5 Å². The van der Waals surface area contributed by atoms with Crippen molar-refractivity contribution in [2.24, 2.45) is 0 Å². The molecule has 0 radical (unpaired) electrons. The highest BCUT2D eigenvalue weighted by Crippen LogP contribution is 2.36. The largest absolute Gasteiger partial charge is 0.298 e. The third kappa shape index (κ3) is 2.17. The van der Waals surface area contributed by atoms with Gasteiger partial charge in [-0.2, -0.15) is 0 Å². The normalized spacial score (nSPS) is 11.1. The molecule has 0 aromatic heterocycles. The second-order valence-corrected chi connectivity index (χ2v) is 5.66. The van der Waals surface area contributed by atoms with Crippen LogP contribution in [0, 0.1) is 11.6 Å². The van der Waals surface area contributed by atoms with Crippen molar-refractivity contribution in [2.45, 2.75) is 0 Å². The Morgan fingerprint density at radius 1 is 0.708 bits per heavy atom. The number of hydrogen-bond acceptors (Lipinski definition) is 1. The van der Waals surface area contributed by atoms with Crippen LogP contribution in [0.4, 0.5) is 8.78 Å². The minimum absolute atomic E-state index is 0.449. The van der Waals surface area contributed by atoms with E-state index < -0.39 is 11.6 Å². The van der Waals surface area contributed by atoms with E-state index in [2.05, 4.69) is 0 Å². The third-order valence-corrected chi connectivity index (χ3v) is 4.28. The Bertz CT molecular complexity index is 1090. The maximum atomic E-state index is 13.8. The third-order valence-electron chi connectivity index (χ3n) is 4.28. The quantitative estimate of drug-likeness (QED) is 0.430. The van der Waals surface area contributed by atoms with Crippen molar-refractivity contribution in [3.8, 4) is 11.1 Å². The average molecular weight is 318 g/mol. The molecule has 0 aliphatic rings. The molecule has 0 N–H and O–H groups in total. The van der Waals surface area contributed by atoms with Gasteiger partial charge >= 0.3 is 0 Å². The summed E-state index contributed by atoms with van der Waals surface area (Å²) in [5.41, 5.74) is 1.90. The van der Waals surface area contributed by atoms with Crippen LogP contribution in [-0.4, -0.2) is 6.29 Å². The van der Waals surface area contributed by atoms with E-state index in [9.17, 15) is 13.6 Å². The Morgan fingerprint density at radius 3 is 2.29 bits per heavy atom. The first-order valence-electron chi connectivity index (χ1n) is 7.54. The molecule has 0 spiro atoms. The molecule has 0 saturated carbocycles. The Morgan fingerprint density at radius 2 is 1.46 bits per heavy atom. The van der Waals surface area contributed by atoms with Gasteiger partial charge in [-0.3, -0.25) is 4.79 Å². The first kappa shape index (κ1) is 14.5. The summed E-state index contributed by atoms with van der Waals surface area (Å²) in [7, 11) is 0.